The largest absolute Gasteiger partial charge is 0.467 e. The Balaban J connectivity index is 0.000000121. The van der Waals surface area contributed by atoms with E-state index in [1.54, 1.807) is 65.7 Å². The van der Waals surface area contributed by atoms with Gasteiger partial charge in [-0.25, -0.2) is 24.5 Å². The highest BCUT2D eigenvalue weighted by Crippen LogP contribution is 2.31. The van der Waals surface area contributed by atoms with Gasteiger partial charge in [0.25, 0.3) is 24.0 Å². The van der Waals surface area contributed by atoms with Gasteiger partial charge >= 0.3 is 11.8 Å². The van der Waals surface area contributed by atoms with E-state index in [-0.39, 0.29) is 50.7 Å². The number of halogens is 5. The zero-order valence-electron chi connectivity index (χ0n) is 66.2. The molecule has 0 bridgehead atoms. The van der Waals surface area contributed by atoms with Crippen molar-refractivity contribution in [3.63, 3.8) is 0 Å². The Morgan fingerprint density at radius 3 is 1.30 bits per heavy atom. The van der Waals surface area contributed by atoms with Crippen LogP contribution in [0.1, 0.15) is 65.7 Å². The Bertz CT molecular complexity index is 6150. The molecule has 0 saturated carbocycles. The highest BCUT2D eigenvalue weighted by molar-refractivity contribution is 7.10. The van der Waals surface area contributed by atoms with Crippen LogP contribution >= 0.6 is 92.0 Å². The summed E-state index contributed by atoms with van der Waals surface area (Å²) in [6, 6.07) is 18.5. The summed E-state index contributed by atoms with van der Waals surface area (Å²) in [6.07, 6.45) is 10.2. The monoisotopic (exact) mass is 1840 g/mol. The van der Waals surface area contributed by atoms with Crippen LogP contribution in [0, 0.1) is 29.6 Å². The van der Waals surface area contributed by atoms with Crippen molar-refractivity contribution in [2.45, 2.75) is 71.9 Å². The highest BCUT2D eigenvalue weighted by atomic mass is 35.5. The van der Waals surface area contributed by atoms with Crippen LogP contribution in [-0.4, -0.2) is 197 Å². The molecule has 0 spiro atoms. The topological polar surface area (TPSA) is 491 Å². The molecule has 19 rings (SSSR count). The molecule has 3 aliphatic heterocycles. The number of aromatic amines is 5. The Labute approximate surface area is 739 Å². The normalized spacial score (nSPS) is 14.2. The number of rotatable bonds is 26. The number of likely N-dealkylation sites (tertiary alicyclic amines) is 1. The van der Waals surface area contributed by atoms with E-state index in [2.05, 4.69) is 148 Å². The fourth-order valence-corrected chi connectivity index (χ4v) is 14.5. The molecular formula is C76H76Cl5N29O11S3. The molecule has 15 aromatic heterocycles. The number of aromatic nitrogens is 23. The molecule has 48 heteroatoms. The summed E-state index contributed by atoms with van der Waals surface area (Å²) >= 11 is 34.5. The van der Waals surface area contributed by atoms with Crippen molar-refractivity contribution >= 4 is 183 Å². The Morgan fingerprint density at radius 2 is 0.903 bits per heavy atom. The summed E-state index contributed by atoms with van der Waals surface area (Å²) in [6.45, 7) is 14.0. The van der Waals surface area contributed by atoms with Crippen LogP contribution in [-0.2, 0) is 54.0 Å². The third-order valence-electron chi connectivity index (χ3n) is 17.9. The number of thiazole rings is 3. The molecule has 16 aromatic rings. The maximum atomic E-state index is 12.0. The number of carbonyl (C=O) groups is 1. The lowest BCUT2D eigenvalue weighted by Crippen LogP contribution is -2.53. The minimum absolute atomic E-state index is 0.0796. The number of imidazole rings is 5. The first-order valence-corrected chi connectivity index (χ1v) is 42.7. The van der Waals surface area contributed by atoms with Crippen molar-refractivity contribution in [1.29, 1.82) is 0 Å². The van der Waals surface area contributed by atoms with Gasteiger partial charge in [-0.2, -0.15) is 69.8 Å². The molecule has 124 heavy (non-hydrogen) atoms. The number of carbonyl (C=O) groups excluding carboxylic acids is 1. The lowest BCUT2D eigenvalue weighted by molar-refractivity contribution is -0.00831. The van der Waals surface area contributed by atoms with E-state index in [0.29, 0.717) is 186 Å². The second-order valence-corrected chi connectivity index (χ2v) is 32.8. The van der Waals surface area contributed by atoms with Crippen LogP contribution < -0.4 is 51.2 Å². The van der Waals surface area contributed by atoms with Crippen molar-refractivity contribution in [3.8, 4) is 35.9 Å². The molecular weight excluding hydrogens is 1770 g/mol. The molecule has 0 unspecified atom stereocenters. The minimum atomic E-state index is -0.499. The maximum absolute atomic E-state index is 12.0. The minimum Gasteiger partial charge on any atom is -0.467 e. The second-order valence-electron chi connectivity index (χ2n) is 28.2. The summed E-state index contributed by atoms with van der Waals surface area (Å²) in [4.78, 5) is 112. The smallest absolute Gasteiger partial charge is 0.410 e. The van der Waals surface area contributed by atoms with Crippen LogP contribution in [0.3, 0.4) is 0 Å². The standard InChI is InChI=1S/C19H14ClN5O2.C18H22ClN7O3S.C15H16ClN5O3.C14H15ClN6O2S.C10H9ClN6OS/c20-18-23-16(21-12-14-9-5-10-26-14)15-17(24-18)25-19(22-15)27-11-4-8-13-6-2-1-3-7-13;1-18(2,3)29-17(27)26-7-10(8-26)9-28-16-22-12-13(21-6-11-20-4-5-30-11)23-15(19)24-14(12)25-16;16-14-19-12(17-6-10-2-1-4-23-10)11-13(20-14)21-15(18-11)24-8-9-3-5-22-7-9;15-13-19-11(17-5-9-16-2-4-24-9)10-12(20-13)21-14(18-10)23-7-8-1-3-22-6-8;1-17-6-7(13-4-5-12-2-3-19-5)14-9(11)15-8(6)16-10(17)18/h1-3,5-7,9-10H,11-12H2,(H2,21,22,23,24,25);4-5,10H,6-9H2,1-3H3,(H2,21,22,23,24,25);1-2,4,9H,3,5-8H2,(H2,17,18,19,20,21);2,4,8H,1,3,5-7H2,(H2,17,18,19,20,21);2-3H,4H2,1H3,(H2,13,14,15,16,18)/t;;9-;8-;/m..11./s1. The Morgan fingerprint density at radius 1 is 0.500 bits per heavy atom. The summed E-state index contributed by atoms with van der Waals surface area (Å²) in [5.41, 5.74) is 5.41. The first-order chi connectivity index (χ1) is 60.2. The average Bonchev–Trinajstić information content (AvgIpc) is 1.65. The zero-order chi connectivity index (χ0) is 85.9. The van der Waals surface area contributed by atoms with E-state index >= 15 is 0 Å². The number of H-pyrrole nitrogens is 5. The van der Waals surface area contributed by atoms with E-state index in [0.717, 1.165) is 71.4 Å². The summed E-state index contributed by atoms with van der Waals surface area (Å²) in [5.74, 6) is 11.2. The molecule has 0 aliphatic carbocycles. The van der Waals surface area contributed by atoms with Crippen LogP contribution in [0.5, 0.6) is 24.0 Å². The Hall–Kier alpha value is -12.4. The molecule has 1 aromatic carbocycles. The van der Waals surface area contributed by atoms with Gasteiger partial charge in [0.1, 0.15) is 59.7 Å². The maximum Gasteiger partial charge on any atom is 0.410 e. The van der Waals surface area contributed by atoms with Crippen LogP contribution in [0.25, 0.3) is 55.8 Å². The number of hydrogen-bond donors (Lipinski definition) is 10. The number of anilines is 5. The number of hydrogen-bond acceptors (Lipinski definition) is 36. The third-order valence-corrected chi connectivity index (χ3v) is 21.1. The lowest BCUT2D eigenvalue weighted by atomic mass is 10.0. The number of nitrogens with one attached hydrogen (secondary N) is 10. The van der Waals surface area contributed by atoms with Gasteiger partial charge in [0, 0.05) is 91.4 Å². The first-order valence-electron chi connectivity index (χ1n) is 38.2. The fourth-order valence-electron chi connectivity index (χ4n) is 12.0. The number of benzene rings is 1. The van der Waals surface area contributed by atoms with E-state index < -0.39 is 5.60 Å². The molecule has 10 N–H and O–H groups in total. The SMILES string of the molecule is CC(C)(C)OC(=O)N1CC(COc2nc3nc(Cl)nc(NCc4nccs4)c3[nH]2)C1.Clc1nc(NCc2ccco2)c2[nH]c(OCC#Cc3ccccc3)nc2n1.Clc1nc(NCc2ccco2)c2[nH]c(OC[C@@H]3CCOC3)nc2n1.Clc1nc(NCc2nccs2)c2[nH]c(OC[C@@H]3CCOC3)nc2n1.Cn1c(=O)[nH]c2nc(Cl)nc(NCc3nccs3)c21. The van der Waals surface area contributed by atoms with Gasteiger partial charge in [0.15, 0.2) is 63.9 Å². The van der Waals surface area contributed by atoms with Gasteiger partial charge in [0.2, 0.25) is 26.4 Å². The van der Waals surface area contributed by atoms with Crippen LogP contribution in [0.4, 0.5) is 33.9 Å². The van der Waals surface area contributed by atoms with Crippen LogP contribution in [0.15, 0.2) is 115 Å². The van der Waals surface area contributed by atoms with E-state index in [4.69, 9.17) is 100.0 Å². The Kier molecular flexibility index (Phi) is 28.8. The van der Waals surface area contributed by atoms with Gasteiger partial charge in [-0.05, 0) is 128 Å². The number of nitrogens with zero attached hydrogens (tertiary/aromatic N) is 19. The predicted octanol–water partition coefficient (Wildman–Crippen LogP) is 13.5. The predicted molar refractivity (Wildman–Crippen MR) is 466 cm³/mol. The summed E-state index contributed by atoms with van der Waals surface area (Å²) < 4.78 is 50.8. The van der Waals surface area contributed by atoms with Crippen molar-refractivity contribution in [2.75, 3.05) is 92.5 Å². The number of furan rings is 2. The lowest BCUT2D eigenvalue weighted by Gasteiger charge is -2.39. The summed E-state index contributed by atoms with van der Waals surface area (Å²) in [7, 11) is 1.65. The van der Waals surface area contributed by atoms with E-state index in [9.17, 15) is 9.59 Å². The molecule has 644 valence electrons. The molecule has 3 fully saturated rings. The number of aryl methyl sites for hydroxylation is 1. The highest BCUT2D eigenvalue weighted by Gasteiger charge is 2.35. The average molecular weight is 1850 g/mol. The molecule has 2 atom stereocenters. The number of fused-ring (bicyclic) bond motifs is 5. The van der Waals surface area contributed by atoms with E-state index in [1.807, 2.05) is 91.5 Å². The van der Waals surface area contributed by atoms with Crippen molar-refractivity contribution < 1.29 is 46.8 Å². The zero-order valence-corrected chi connectivity index (χ0v) is 72.4. The summed E-state index contributed by atoms with van der Waals surface area (Å²) in [5, 5.41) is 24.9. The van der Waals surface area contributed by atoms with Crippen molar-refractivity contribution in [3.05, 3.63) is 171 Å². The van der Waals surface area contributed by atoms with E-state index in [1.165, 1.54) is 15.9 Å². The quantitative estimate of drug-likeness (QED) is 0.0178. The second kappa shape index (κ2) is 41.2. The molecule has 3 saturated heterocycles. The molecule has 1 amide bonds. The molecule has 40 nitrogen and oxygen atoms in total. The third kappa shape index (κ3) is 23.9. The van der Waals surface area contributed by atoms with Gasteiger partial charge in [-0.15, -0.1) is 34.0 Å². The van der Waals surface area contributed by atoms with Gasteiger partial charge < -0.3 is 93.4 Å². The molecule has 3 aliphatic rings. The fraction of sp³-hybridized carbons (Fsp3) is 0.329. The number of amides is 1. The van der Waals surface area contributed by atoms with Crippen molar-refractivity contribution in [1.82, 2.24) is 119 Å². The molecule has 18 heterocycles. The van der Waals surface area contributed by atoms with Crippen LogP contribution in [0.2, 0.25) is 26.4 Å². The first kappa shape index (κ1) is 86.6. The van der Waals surface area contributed by atoms with Gasteiger partial charge in [-0.3, -0.25) is 9.55 Å². The number of ether oxygens (including phenoxy) is 7. The van der Waals surface area contributed by atoms with Gasteiger partial charge in [-0.1, -0.05) is 30.0 Å². The van der Waals surface area contributed by atoms with Gasteiger partial charge in [0.05, 0.1) is 78.3 Å². The molecule has 0 radical (unpaired) electrons. The van der Waals surface area contributed by atoms with Crippen molar-refractivity contribution in [2.24, 2.45) is 24.8 Å².